The van der Waals surface area contributed by atoms with E-state index in [9.17, 15) is 9.90 Å². The van der Waals surface area contributed by atoms with Crippen LogP contribution < -0.4 is 0 Å². The Hall–Kier alpha value is -2.25. The van der Waals surface area contributed by atoms with Crippen molar-refractivity contribution in [3.8, 4) is 11.3 Å². The number of aliphatic hydroxyl groups is 1. The molecule has 0 unspecified atom stereocenters. The number of nitrogens with zero attached hydrogens (tertiary/aromatic N) is 4. The lowest BCUT2D eigenvalue weighted by Gasteiger charge is -2.37. The number of carbonyl (C=O) groups is 1. The van der Waals surface area contributed by atoms with Crippen LogP contribution >= 0.6 is 0 Å². The quantitative estimate of drug-likeness (QED) is 0.791. The van der Waals surface area contributed by atoms with Crippen molar-refractivity contribution in [3.05, 3.63) is 36.0 Å². The minimum absolute atomic E-state index is 0.0867. The minimum Gasteiger partial charge on any atom is -0.387 e. The summed E-state index contributed by atoms with van der Waals surface area (Å²) in [4.78, 5) is 13.8. The molecule has 1 aromatic carbocycles. The maximum atomic E-state index is 12.0. The van der Waals surface area contributed by atoms with Gasteiger partial charge in [-0.1, -0.05) is 35.0 Å². The van der Waals surface area contributed by atoms with Crippen molar-refractivity contribution in [2.45, 2.75) is 44.8 Å². The van der Waals surface area contributed by atoms with Gasteiger partial charge in [-0.15, -0.1) is 5.10 Å². The van der Waals surface area contributed by atoms with Crippen LogP contribution in [0.3, 0.4) is 0 Å². The van der Waals surface area contributed by atoms with Gasteiger partial charge in [-0.05, 0) is 50.4 Å². The zero-order chi connectivity index (χ0) is 20.7. The predicted octanol–water partition coefficient (Wildman–Crippen LogP) is 2.45. The number of hydrogen-bond donors (Lipinski definition) is 1. The summed E-state index contributed by atoms with van der Waals surface area (Å²) in [6.45, 7) is 3.93. The number of rotatable bonds is 6. The molecule has 0 spiro atoms. The minimum atomic E-state index is -0.409. The first kappa shape index (κ1) is 19.7. The second kappa shape index (κ2) is 8.12. The van der Waals surface area contributed by atoms with E-state index < -0.39 is 6.61 Å². The average Bonchev–Trinajstić information content (AvgIpc) is 3.29. The van der Waals surface area contributed by atoms with Crippen LogP contribution in [0.15, 0.2) is 30.5 Å². The van der Waals surface area contributed by atoms with Crippen LogP contribution in [0.4, 0.5) is 0 Å². The molecule has 1 N–H and O–H groups in total. The van der Waals surface area contributed by atoms with Gasteiger partial charge in [0.15, 0.2) is 0 Å². The second-order valence-corrected chi connectivity index (χ2v) is 9.28. The molecule has 5 rings (SSSR count). The molecule has 7 nitrogen and oxygen atoms in total. The Kier molecular flexibility index (Phi) is 5.33. The second-order valence-electron chi connectivity index (χ2n) is 9.28. The number of aromatic nitrogens is 3. The van der Waals surface area contributed by atoms with E-state index in [-0.39, 0.29) is 18.1 Å². The summed E-state index contributed by atoms with van der Waals surface area (Å²) in [6.07, 6.45) is 6.51. The zero-order valence-electron chi connectivity index (χ0n) is 17.5. The summed E-state index contributed by atoms with van der Waals surface area (Å²) in [7, 11) is 0. The molecule has 2 aromatic rings. The van der Waals surface area contributed by atoms with Crippen LogP contribution in [-0.4, -0.2) is 63.3 Å². The van der Waals surface area contributed by atoms with Crippen molar-refractivity contribution < 1.29 is 14.6 Å². The molecule has 30 heavy (non-hydrogen) atoms. The van der Waals surface area contributed by atoms with Crippen LogP contribution in [0.25, 0.3) is 11.3 Å². The number of hydrogen-bond acceptors (Lipinski definition) is 5. The molecule has 1 aliphatic heterocycles. The van der Waals surface area contributed by atoms with Crippen molar-refractivity contribution in [1.82, 2.24) is 19.9 Å². The highest BCUT2D eigenvalue weighted by Gasteiger charge is 2.45. The first-order chi connectivity index (χ1) is 14.6. The molecule has 1 saturated heterocycles. The summed E-state index contributed by atoms with van der Waals surface area (Å²) in [5, 5.41) is 18.2. The van der Waals surface area contributed by atoms with Crippen molar-refractivity contribution in [1.29, 1.82) is 0 Å². The Morgan fingerprint density at radius 3 is 2.60 bits per heavy atom. The number of amides is 1. The Bertz CT molecular complexity index is 892. The van der Waals surface area contributed by atoms with Crippen LogP contribution in [0.5, 0.6) is 0 Å². The van der Waals surface area contributed by atoms with Gasteiger partial charge in [-0.2, -0.15) is 0 Å². The molecule has 4 atom stereocenters. The lowest BCUT2D eigenvalue weighted by molar-refractivity contribution is -0.133. The number of benzene rings is 1. The number of aryl methyl sites for hydroxylation is 1. The van der Waals surface area contributed by atoms with Crippen molar-refractivity contribution in [2.75, 3.05) is 26.3 Å². The van der Waals surface area contributed by atoms with Crippen molar-refractivity contribution in [2.24, 2.45) is 17.8 Å². The van der Waals surface area contributed by atoms with Crippen molar-refractivity contribution in [3.63, 3.8) is 0 Å². The van der Waals surface area contributed by atoms with Gasteiger partial charge in [0, 0.05) is 25.3 Å². The largest absolute Gasteiger partial charge is 0.387 e. The summed E-state index contributed by atoms with van der Waals surface area (Å²) >= 11 is 0. The normalized spacial score (nSPS) is 28.5. The fourth-order valence-electron chi connectivity index (χ4n) is 4.99. The van der Waals surface area contributed by atoms with E-state index in [1.165, 1.54) is 18.4 Å². The topological polar surface area (TPSA) is 80.5 Å². The highest BCUT2D eigenvalue weighted by atomic mass is 16.5. The molecular formula is C23H30N4O3. The number of likely N-dealkylation sites (tertiary alicyclic amines) is 1. The zero-order valence-corrected chi connectivity index (χ0v) is 17.5. The van der Waals surface area contributed by atoms with Crippen LogP contribution in [0, 0.1) is 24.7 Å². The summed E-state index contributed by atoms with van der Waals surface area (Å²) in [5.74, 6) is 1.39. The van der Waals surface area contributed by atoms with Gasteiger partial charge in [0.1, 0.15) is 12.3 Å². The highest BCUT2D eigenvalue weighted by Crippen LogP contribution is 2.43. The van der Waals surface area contributed by atoms with E-state index in [1.807, 2.05) is 15.8 Å². The number of ether oxygens (including phenoxy) is 1. The Morgan fingerprint density at radius 1 is 1.17 bits per heavy atom. The summed E-state index contributed by atoms with van der Waals surface area (Å²) in [6, 6.07) is 8.47. The summed E-state index contributed by atoms with van der Waals surface area (Å²) in [5.41, 5.74) is 3.17. The fourth-order valence-corrected chi connectivity index (χ4v) is 4.99. The van der Waals surface area contributed by atoms with Gasteiger partial charge in [-0.25, -0.2) is 4.68 Å². The maximum Gasteiger partial charge on any atom is 0.248 e. The fraction of sp³-hybridized carbons (Fsp3) is 0.609. The molecule has 3 fully saturated rings. The van der Waals surface area contributed by atoms with Crippen LogP contribution in [0.2, 0.25) is 0 Å². The first-order valence-corrected chi connectivity index (χ1v) is 11.1. The smallest absolute Gasteiger partial charge is 0.248 e. The number of fused-ring (bicyclic) bond motifs is 1. The molecule has 2 saturated carbocycles. The van der Waals surface area contributed by atoms with Crippen LogP contribution in [-0.2, 0) is 9.53 Å². The standard InChI is InChI=1S/C23H30N4O3/c1-15-2-6-17(7-3-15)20-12-27(25-24-20)21-8-18-10-26(23(29)13-28)11-19(18)9-22(21)30-14-16-4-5-16/h2-3,6-7,12,16,18-19,21-22,28H,4-5,8-11,13-14H2,1H3/t18-,19+,21-,22-/m1/s1. The van der Waals surface area contributed by atoms with Gasteiger partial charge >= 0.3 is 0 Å². The van der Waals surface area contributed by atoms with Crippen LogP contribution in [0.1, 0.15) is 37.3 Å². The Balaban J connectivity index is 1.36. The third kappa shape index (κ3) is 4.01. The van der Waals surface area contributed by atoms with E-state index in [4.69, 9.17) is 4.74 Å². The molecule has 3 aliphatic rings. The van der Waals surface area contributed by atoms with Gasteiger partial charge in [0.25, 0.3) is 0 Å². The monoisotopic (exact) mass is 410 g/mol. The third-order valence-electron chi connectivity index (χ3n) is 7.01. The predicted molar refractivity (Wildman–Crippen MR) is 112 cm³/mol. The molecular weight excluding hydrogens is 380 g/mol. The molecule has 1 aromatic heterocycles. The van der Waals surface area contributed by atoms with Crippen molar-refractivity contribution >= 4 is 5.91 Å². The van der Waals surface area contributed by atoms with Gasteiger partial charge in [0.2, 0.25) is 5.91 Å². The molecule has 2 heterocycles. The lowest BCUT2D eigenvalue weighted by atomic mass is 9.77. The first-order valence-electron chi connectivity index (χ1n) is 11.1. The third-order valence-corrected chi connectivity index (χ3v) is 7.01. The van der Waals surface area contributed by atoms with E-state index in [1.54, 1.807) is 0 Å². The Morgan fingerprint density at radius 2 is 1.90 bits per heavy atom. The lowest BCUT2D eigenvalue weighted by Crippen LogP contribution is -2.38. The average molecular weight is 411 g/mol. The van der Waals surface area contributed by atoms with E-state index in [0.29, 0.717) is 17.8 Å². The molecule has 0 bridgehead atoms. The van der Waals surface area contributed by atoms with E-state index in [0.717, 1.165) is 43.8 Å². The molecule has 7 heteroatoms. The molecule has 1 amide bonds. The van der Waals surface area contributed by atoms with Gasteiger partial charge in [0.05, 0.1) is 18.3 Å². The van der Waals surface area contributed by atoms with E-state index in [2.05, 4.69) is 41.5 Å². The van der Waals surface area contributed by atoms with E-state index >= 15 is 0 Å². The van der Waals surface area contributed by atoms with Gasteiger partial charge in [-0.3, -0.25) is 4.79 Å². The number of carbonyl (C=O) groups excluding carboxylic acids is 1. The molecule has 0 radical (unpaired) electrons. The number of aliphatic hydroxyl groups excluding tert-OH is 1. The SMILES string of the molecule is Cc1ccc(-c2cn([C@@H]3C[C@@H]4CN(C(=O)CO)C[C@@H]4C[C@H]3OCC3CC3)nn2)cc1. The highest BCUT2D eigenvalue weighted by molar-refractivity contribution is 5.77. The Labute approximate surface area is 177 Å². The summed E-state index contributed by atoms with van der Waals surface area (Å²) < 4.78 is 8.38. The molecule has 160 valence electrons. The maximum absolute atomic E-state index is 12.0. The van der Waals surface area contributed by atoms with Gasteiger partial charge < -0.3 is 14.7 Å². The molecule has 2 aliphatic carbocycles.